The Balaban J connectivity index is 1.73. The molecule has 106 valence electrons. The molecule has 0 spiro atoms. The average Bonchev–Trinajstić information content (AvgIpc) is 3.17. The molecule has 2 rings (SSSR count). The Morgan fingerprint density at radius 2 is 2.32 bits per heavy atom. The fourth-order valence-electron chi connectivity index (χ4n) is 1.81. The summed E-state index contributed by atoms with van der Waals surface area (Å²) in [6, 6.07) is 0. The molecule has 0 bridgehead atoms. The van der Waals surface area contributed by atoms with Crippen LogP contribution in [0.1, 0.15) is 41.4 Å². The maximum Gasteiger partial charge on any atom is 0.273 e. The van der Waals surface area contributed by atoms with E-state index in [4.69, 9.17) is 10.8 Å². The zero-order valence-electron chi connectivity index (χ0n) is 10.8. The Kier molecular flexibility index (Phi) is 5.09. The number of nitrogens with two attached hydrogens (primary N) is 1. The standard InChI is InChI=1S/C12H20N4O2S/c13-9-10(8-2-3-8)15-16-11(9)12(18)14-4-7-19-6-1-5-17/h8,17H,1-7,13H2,(H,14,18)(H,15,16). The number of nitrogen functional groups attached to an aromatic ring is 1. The van der Waals surface area contributed by atoms with Gasteiger partial charge in [-0.3, -0.25) is 9.89 Å². The number of carbonyl (C=O) groups is 1. The number of amides is 1. The van der Waals surface area contributed by atoms with E-state index in [-0.39, 0.29) is 12.5 Å². The summed E-state index contributed by atoms with van der Waals surface area (Å²) in [5, 5.41) is 18.3. The lowest BCUT2D eigenvalue weighted by molar-refractivity contribution is 0.0952. The Hall–Kier alpha value is -1.21. The SMILES string of the molecule is Nc1c(C(=O)NCCSCCCO)n[nH]c1C1CC1. The monoisotopic (exact) mass is 284 g/mol. The molecule has 1 aliphatic rings. The lowest BCUT2D eigenvalue weighted by atomic mass is 10.2. The van der Waals surface area contributed by atoms with Crippen molar-refractivity contribution in [3.05, 3.63) is 11.4 Å². The second-order valence-corrected chi connectivity index (χ2v) is 5.84. The molecule has 1 heterocycles. The van der Waals surface area contributed by atoms with Gasteiger partial charge in [0.15, 0.2) is 5.69 Å². The number of hydrogen-bond donors (Lipinski definition) is 4. The third-order valence-corrected chi connectivity index (χ3v) is 4.08. The van der Waals surface area contributed by atoms with Crippen molar-refractivity contribution in [1.82, 2.24) is 15.5 Å². The number of aromatic amines is 1. The van der Waals surface area contributed by atoms with Gasteiger partial charge in [0, 0.05) is 24.8 Å². The zero-order valence-corrected chi connectivity index (χ0v) is 11.6. The molecule has 0 atom stereocenters. The second kappa shape index (κ2) is 6.81. The van der Waals surface area contributed by atoms with Crippen molar-refractivity contribution in [3.63, 3.8) is 0 Å². The molecule has 0 aromatic carbocycles. The molecule has 6 nitrogen and oxygen atoms in total. The largest absolute Gasteiger partial charge is 0.396 e. The number of thioether (sulfide) groups is 1. The molecule has 1 aromatic heterocycles. The maximum atomic E-state index is 11.9. The van der Waals surface area contributed by atoms with E-state index in [1.807, 2.05) is 0 Å². The van der Waals surface area contributed by atoms with Crippen LogP contribution in [0.25, 0.3) is 0 Å². The molecular formula is C12H20N4O2S. The van der Waals surface area contributed by atoms with Crippen molar-refractivity contribution < 1.29 is 9.90 Å². The van der Waals surface area contributed by atoms with Crippen LogP contribution >= 0.6 is 11.8 Å². The number of anilines is 1. The molecule has 7 heteroatoms. The van der Waals surface area contributed by atoms with Gasteiger partial charge in [-0.2, -0.15) is 16.9 Å². The van der Waals surface area contributed by atoms with Crippen LogP contribution in [0.4, 0.5) is 5.69 Å². The summed E-state index contributed by atoms with van der Waals surface area (Å²) < 4.78 is 0. The number of aromatic nitrogens is 2. The van der Waals surface area contributed by atoms with Gasteiger partial charge in [-0.25, -0.2) is 0 Å². The Morgan fingerprint density at radius 1 is 1.53 bits per heavy atom. The minimum Gasteiger partial charge on any atom is -0.396 e. The molecule has 5 N–H and O–H groups in total. The molecule has 1 aliphatic carbocycles. The first-order valence-electron chi connectivity index (χ1n) is 6.54. The highest BCUT2D eigenvalue weighted by Gasteiger charge is 2.30. The van der Waals surface area contributed by atoms with Gasteiger partial charge in [-0.1, -0.05) is 0 Å². The van der Waals surface area contributed by atoms with E-state index >= 15 is 0 Å². The predicted molar refractivity (Wildman–Crippen MR) is 76.3 cm³/mol. The molecule has 1 aromatic rings. The highest BCUT2D eigenvalue weighted by Crippen LogP contribution is 2.42. The van der Waals surface area contributed by atoms with E-state index in [0.29, 0.717) is 23.8 Å². The summed E-state index contributed by atoms with van der Waals surface area (Å²) in [4.78, 5) is 11.9. The lowest BCUT2D eigenvalue weighted by Crippen LogP contribution is -2.27. The van der Waals surface area contributed by atoms with Crippen molar-refractivity contribution in [3.8, 4) is 0 Å². The van der Waals surface area contributed by atoms with Crippen LogP contribution in [0.3, 0.4) is 0 Å². The number of aliphatic hydroxyl groups excluding tert-OH is 1. The summed E-state index contributed by atoms with van der Waals surface area (Å²) >= 11 is 1.71. The van der Waals surface area contributed by atoms with Gasteiger partial charge in [0.05, 0.1) is 11.4 Å². The number of aliphatic hydroxyl groups is 1. The summed E-state index contributed by atoms with van der Waals surface area (Å²) in [6.07, 6.45) is 3.03. The van der Waals surface area contributed by atoms with Gasteiger partial charge in [-0.05, 0) is 25.0 Å². The van der Waals surface area contributed by atoms with Gasteiger partial charge >= 0.3 is 0 Å². The van der Waals surface area contributed by atoms with Gasteiger partial charge < -0.3 is 16.2 Å². The Morgan fingerprint density at radius 3 is 3.00 bits per heavy atom. The van der Waals surface area contributed by atoms with E-state index in [9.17, 15) is 4.79 Å². The molecule has 1 fully saturated rings. The third-order valence-electron chi connectivity index (χ3n) is 3.01. The van der Waals surface area contributed by atoms with Crippen LogP contribution in [0, 0.1) is 0 Å². The minimum atomic E-state index is -0.219. The van der Waals surface area contributed by atoms with Gasteiger partial charge in [0.1, 0.15) is 0 Å². The quantitative estimate of drug-likeness (QED) is 0.526. The van der Waals surface area contributed by atoms with Crippen molar-refractivity contribution >= 4 is 23.4 Å². The van der Waals surface area contributed by atoms with Crippen molar-refractivity contribution in [1.29, 1.82) is 0 Å². The molecule has 0 saturated heterocycles. The van der Waals surface area contributed by atoms with E-state index in [0.717, 1.165) is 36.5 Å². The van der Waals surface area contributed by atoms with Crippen LogP contribution in [0.15, 0.2) is 0 Å². The predicted octanol–water partition coefficient (Wildman–Crippen LogP) is 0.715. The normalized spacial score (nSPS) is 14.6. The first kappa shape index (κ1) is 14.2. The number of H-pyrrole nitrogens is 1. The molecular weight excluding hydrogens is 264 g/mol. The number of carbonyl (C=O) groups excluding carboxylic acids is 1. The molecule has 1 amide bonds. The van der Waals surface area contributed by atoms with Crippen LogP contribution in [0.2, 0.25) is 0 Å². The molecule has 1 saturated carbocycles. The first-order valence-corrected chi connectivity index (χ1v) is 7.70. The van der Waals surface area contributed by atoms with Crippen LogP contribution in [0.5, 0.6) is 0 Å². The Labute approximate surface area is 116 Å². The van der Waals surface area contributed by atoms with Gasteiger partial charge in [0.25, 0.3) is 5.91 Å². The number of nitrogens with one attached hydrogen (secondary N) is 2. The minimum absolute atomic E-state index is 0.215. The van der Waals surface area contributed by atoms with Crippen LogP contribution in [-0.4, -0.2) is 45.9 Å². The summed E-state index contributed by atoms with van der Waals surface area (Å²) in [6.45, 7) is 0.799. The third kappa shape index (κ3) is 3.87. The van der Waals surface area contributed by atoms with E-state index in [1.165, 1.54) is 0 Å². The lowest BCUT2D eigenvalue weighted by Gasteiger charge is -2.03. The van der Waals surface area contributed by atoms with E-state index in [1.54, 1.807) is 11.8 Å². The van der Waals surface area contributed by atoms with Crippen molar-refractivity contribution in [2.75, 3.05) is 30.4 Å². The summed E-state index contributed by atoms with van der Waals surface area (Å²) in [5.74, 6) is 1.97. The second-order valence-electron chi connectivity index (χ2n) is 4.62. The van der Waals surface area contributed by atoms with E-state index < -0.39 is 0 Å². The highest BCUT2D eigenvalue weighted by molar-refractivity contribution is 7.99. The number of rotatable bonds is 8. The average molecular weight is 284 g/mol. The summed E-state index contributed by atoms with van der Waals surface area (Å²) in [7, 11) is 0. The number of nitrogens with zero attached hydrogens (tertiary/aromatic N) is 1. The maximum absolute atomic E-state index is 11.9. The van der Waals surface area contributed by atoms with E-state index in [2.05, 4.69) is 15.5 Å². The highest BCUT2D eigenvalue weighted by atomic mass is 32.2. The fourth-order valence-corrected chi connectivity index (χ4v) is 2.59. The van der Waals surface area contributed by atoms with Crippen LogP contribution in [-0.2, 0) is 0 Å². The number of hydrogen-bond acceptors (Lipinski definition) is 5. The van der Waals surface area contributed by atoms with Gasteiger partial charge in [-0.15, -0.1) is 0 Å². The fraction of sp³-hybridized carbons (Fsp3) is 0.667. The topological polar surface area (TPSA) is 104 Å². The molecule has 0 unspecified atom stereocenters. The first-order chi connectivity index (χ1) is 9.24. The van der Waals surface area contributed by atoms with Crippen molar-refractivity contribution in [2.24, 2.45) is 0 Å². The summed E-state index contributed by atoms with van der Waals surface area (Å²) in [5.41, 5.74) is 7.63. The molecule has 19 heavy (non-hydrogen) atoms. The molecule has 0 radical (unpaired) electrons. The van der Waals surface area contributed by atoms with Crippen LogP contribution < -0.4 is 11.1 Å². The van der Waals surface area contributed by atoms with Gasteiger partial charge in [0.2, 0.25) is 0 Å². The molecule has 0 aliphatic heterocycles. The Bertz CT molecular complexity index is 431. The smallest absolute Gasteiger partial charge is 0.273 e. The zero-order chi connectivity index (χ0) is 13.7. The van der Waals surface area contributed by atoms with Crippen molar-refractivity contribution in [2.45, 2.75) is 25.2 Å².